The van der Waals surface area contributed by atoms with Gasteiger partial charge in [0.05, 0.1) is 5.69 Å². The van der Waals surface area contributed by atoms with E-state index in [1.54, 1.807) is 23.7 Å². The maximum absolute atomic E-state index is 12.7. The lowest BCUT2D eigenvalue weighted by Gasteiger charge is -2.30. The monoisotopic (exact) mass is 365 g/mol. The Morgan fingerprint density at radius 3 is 2.56 bits per heavy atom. The van der Waals surface area contributed by atoms with E-state index in [0.717, 1.165) is 11.4 Å². The number of amides is 1. The predicted octanol–water partition coefficient (Wildman–Crippen LogP) is 2.45. The highest BCUT2D eigenvalue weighted by Gasteiger charge is 2.34. The summed E-state index contributed by atoms with van der Waals surface area (Å²) in [7, 11) is 0. The van der Waals surface area contributed by atoms with Gasteiger partial charge in [-0.2, -0.15) is 5.10 Å². The van der Waals surface area contributed by atoms with Gasteiger partial charge in [0.1, 0.15) is 18.2 Å². The van der Waals surface area contributed by atoms with E-state index in [1.165, 1.54) is 6.33 Å². The van der Waals surface area contributed by atoms with Crippen molar-refractivity contribution in [3.8, 4) is 17.3 Å². The van der Waals surface area contributed by atoms with Crippen LogP contribution in [0.5, 0.6) is 11.5 Å². The number of nitrogens with zero attached hydrogens (tertiary/aromatic N) is 4. The third kappa shape index (κ3) is 3.33. The summed E-state index contributed by atoms with van der Waals surface area (Å²) in [6, 6.07) is 10.9. The lowest BCUT2D eigenvalue weighted by Crippen LogP contribution is -2.46. The summed E-state index contributed by atoms with van der Waals surface area (Å²) in [5.74, 6) is 1.78. The lowest BCUT2D eigenvalue weighted by atomic mass is 10.1. The maximum atomic E-state index is 12.7. The van der Waals surface area contributed by atoms with Crippen LogP contribution in [0, 0.1) is 13.8 Å². The Hall–Kier alpha value is -3.42. The maximum Gasteiger partial charge on any atom is 0.270 e. The molecule has 2 atom stereocenters. The zero-order valence-electron chi connectivity index (χ0n) is 15.2. The first kappa shape index (κ1) is 17.0. The van der Waals surface area contributed by atoms with Crippen LogP contribution in [-0.2, 0) is 4.79 Å². The Bertz CT molecular complexity index is 1000. The highest BCUT2D eigenvalue weighted by molar-refractivity contribution is 5.94. The summed E-state index contributed by atoms with van der Waals surface area (Å²) >= 11 is 0. The van der Waals surface area contributed by atoms with Crippen molar-refractivity contribution >= 4 is 11.7 Å². The van der Waals surface area contributed by atoms with Crippen LogP contribution in [0.2, 0.25) is 0 Å². The molecular formula is C19H19N5O3. The number of aryl methyl sites for hydroxylation is 2. The van der Waals surface area contributed by atoms with E-state index in [0.29, 0.717) is 23.1 Å². The van der Waals surface area contributed by atoms with E-state index < -0.39 is 12.2 Å². The number of carbonyl (C=O) groups is 1. The van der Waals surface area contributed by atoms with Crippen LogP contribution in [0.1, 0.15) is 18.3 Å². The largest absolute Gasteiger partial charge is 0.482 e. The van der Waals surface area contributed by atoms with Crippen LogP contribution in [0.25, 0.3) is 5.82 Å². The van der Waals surface area contributed by atoms with Gasteiger partial charge in [-0.05, 0) is 39.0 Å². The molecule has 0 spiro atoms. The Kier molecular flexibility index (Phi) is 4.23. The Labute approximate surface area is 156 Å². The summed E-state index contributed by atoms with van der Waals surface area (Å²) in [5, 5.41) is 7.17. The molecule has 0 radical (unpaired) electrons. The Balaban J connectivity index is 1.53. The number of hydrogen-bond donors (Lipinski definition) is 1. The highest BCUT2D eigenvalue weighted by Crippen LogP contribution is 2.33. The quantitative estimate of drug-likeness (QED) is 0.767. The fraction of sp³-hybridized carbons (Fsp3) is 0.263. The standard InChI is InChI=1S/C19H19N5O3/c1-11-8-12(2)24(23-11)17-9-16(20-10-21-17)22-19(25)18-13(3)26-14-6-4-5-7-15(14)27-18/h4-10,13,18H,1-3H3,(H,20,21,22,25). The summed E-state index contributed by atoms with van der Waals surface area (Å²) in [5.41, 5.74) is 1.83. The molecule has 1 N–H and O–H groups in total. The van der Waals surface area contributed by atoms with Crippen LogP contribution in [-0.4, -0.2) is 37.9 Å². The first-order valence-electron chi connectivity index (χ1n) is 8.60. The van der Waals surface area contributed by atoms with E-state index >= 15 is 0 Å². The van der Waals surface area contributed by atoms with Crippen molar-refractivity contribution in [3.05, 3.63) is 54.1 Å². The van der Waals surface area contributed by atoms with Crippen molar-refractivity contribution in [2.45, 2.75) is 33.0 Å². The minimum absolute atomic E-state index is 0.338. The molecule has 3 heterocycles. The molecule has 1 aromatic carbocycles. The number of aromatic nitrogens is 4. The number of ether oxygens (including phenoxy) is 2. The van der Waals surface area contributed by atoms with E-state index in [9.17, 15) is 4.79 Å². The number of benzene rings is 1. The minimum Gasteiger partial charge on any atom is -0.482 e. The Morgan fingerprint density at radius 1 is 1.11 bits per heavy atom. The second-order valence-electron chi connectivity index (χ2n) is 6.40. The third-order valence-corrected chi connectivity index (χ3v) is 4.23. The second kappa shape index (κ2) is 6.71. The molecular weight excluding hydrogens is 346 g/mol. The average Bonchev–Trinajstić information content (AvgIpc) is 2.99. The van der Waals surface area contributed by atoms with E-state index in [2.05, 4.69) is 20.4 Å². The van der Waals surface area contributed by atoms with Crippen LogP contribution < -0.4 is 14.8 Å². The lowest BCUT2D eigenvalue weighted by molar-refractivity contribution is -0.128. The van der Waals surface area contributed by atoms with Gasteiger partial charge < -0.3 is 14.8 Å². The van der Waals surface area contributed by atoms with Crippen LogP contribution in [0.15, 0.2) is 42.7 Å². The normalized spacial score (nSPS) is 18.2. The highest BCUT2D eigenvalue weighted by atomic mass is 16.6. The van der Waals surface area contributed by atoms with E-state index in [-0.39, 0.29) is 5.91 Å². The van der Waals surface area contributed by atoms with Crippen LogP contribution in [0.3, 0.4) is 0 Å². The molecule has 3 aromatic rings. The van der Waals surface area contributed by atoms with Gasteiger partial charge in [-0.25, -0.2) is 14.6 Å². The van der Waals surface area contributed by atoms with Gasteiger partial charge in [-0.15, -0.1) is 0 Å². The fourth-order valence-corrected chi connectivity index (χ4v) is 3.00. The number of hydrogen-bond acceptors (Lipinski definition) is 6. The van der Waals surface area contributed by atoms with Crippen molar-refractivity contribution in [2.75, 3.05) is 5.32 Å². The van der Waals surface area contributed by atoms with E-state index in [4.69, 9.17) is 9.47 Å². The number of nitrogens with one attached hydrogen (secondary N) is 1. The topological polar surface area (TPSA) is 91.2 Å². The van der Waals surface area contributed by atoms with Crippen molar-refractivity contribution < 1.29 is 14.3 Å². The van der Waals surface area contributed by atoms with Gasteiger partial charge in [0, 0.05) is 11.8 Å². The second-order valence-corrected chi connectivity index (χ2v) is 6.40. The Morgan fingerprint density at radius 2 is 1.85 bits per heavy atom. The number of carbonyl (C=O) groups excluding carboxylic acids is 1. The smallest absolute Gasteiger partial charge is 0.270 e. The first-order valence-corrected chi connectivity index (χ1v) is 8.60. The van der Waals surface area contributed by atoms with Crippen LogP contribution in [0.4, 0.5) is 5.82 Å². The molecule has 2 unspecified atom stereocenters. The molecule has 0 saturated heterocycles. The van der Waals surface area contributed by atoms with Crippen molar-refractivity contribution in [1.82, 2.24) is 19.7 Å². The molecule has 8 heteroatoms. The number of fused-ring (bicyclic) bond motifs is 1. The number of rotatable bonds is 3. The fourth-order valence-electron chi connectivity index (χ4n) is 3.00. The molecule has 0 bridgehead atoms. The van der Waals surface area contributed by atoms with Crippen LogP contribution >= 0.6 is 0 Å². The third-order valence-electron chi connectivity index (χ3n) is 4.23. The predicted molar refractivity (Wildman–Crippen MR) is 98.2 cm³/mol. The molecule has 8 nitrogen and oxygen atoms in total. The van der Waals surface area contributed by atoms with Crippen molar-refractivity contribution in [2.24, 2.45) is 0 Å². The summed E-state index contributed by atoms with van der Waals surface area (Å²) in [6.45, 7) is 5.64. The van der Waals surface area contributed by atoms with Crippen molar-refractivity contribution in [1.29, 1.82) is 0 Å². The molecule has 0 fully saturated rings. The molecule has 4 rings (SSSR count). The van der Waals surface area contributed by atoms with E-state index in [1.807, 2.05) is 38.1 Å². The first-order chi connectivity index (χ1) is 13.0. The molecule has 0 saturated carbocycles. The SMILES string of the molecule is Cc1cc(C)n(-c2cc(NC(=O)C3Oc4ccccc4OC3C)ncn2)n1. The molecule has 1 aliphatic heterocycles. The van der Waals surface area contributed by atoms with Crippen molar-refractivity contribution in [3.63, 3.8) is 0 Å². The molecule has 138 valence electrons. The average molecular weight is 365 g/mol. The summed E-state index contributed by atoms with van der Waals surface area (Å²) in [6.07, 6.45) is 0.169. The van der Waals surface area contributed by atoms with Gasteiger partial charge in [-0.1, -0.05) is 12.1 Å². The zero-order valence-corrected chi connectivity index (χ0v) is 15.2. The number of para-hydroxylation sites is 2. The molecule has 1 amide bonds. The summed E-state index contributed by atoms with van der Waals surface area (Å²) < 4.78 is 13.3. The summed E-state index contributed by atoms with van der Waals surface area (Å²) in [4.78, 5) is 21.1. The molecule has 0 aliphatic carbocycles. The van der Waals surface area contributed by atoms with Gasteiger partial charge in [0.2, 0.25) is 6.10 Å². The minimum atomic E-state index is -0.785. The van der Waals surface area contributed by atoms with Gasteiger partial charge in [0.15, 0.2) is 17.3 Å². The van der Waals surface area contributed by atoms with Gasteiger partial charge in [-0.3, -0.25) is 4.79 Å². The molecule has 2 aromatic heterocycles. The molecule has 27 heavy (non-hydrogen) atoms. The van der Waals surface area contributed by atoms with Gasteiger partial charge in [0.25, 0.3) is 5.91 Å². The van der Waals surface area contributed by atoms with Gasteiger partial charge >= 0.3 is 0 Å². The zero-order chi connectivity index (χ0) is 19.0. The number of anilines is 1. The molecule has 1 aliphatic rings.